The maximum absolute atomic E-state index is 9.21. The van der Waals surface area contributed by atoms with E-state index in [1.165, 1.54) is 0 Å². The average Bonchev–Trinajstić information content (AvgIpc) is 2.55. The smallest absolute Gasteiger partial charge is 0.0471 e. The van der Waals surface area contributed by atoms with Gasteiger partial charge in [0, 0.05) is 13.2 Å². The van der Waals surface area contributed by atoms with E-state index >= 15 is 0 Å². The summed E-state index contributed by atoms with van der Waals surface area (Å²) in [4.78, 5) is 0. The Morgan fingerprint density at radius 3 is 2.67 bits per heavy atom. The standard InChI is InChI=1S/C10H16O2/c1-10-3-2-7(4-10)8(5-11)9(10)6-12/h2-3,7-9,11-12H,4-6H2,1H3. The molecule has 2 nitrogen and oxygen atoms in total. The molecule has 12 heavy (non-hydrogen) atoms. The average molecular weight is 168 g/mol. The Morgan fingerprint density at radius 1 is 1.42 bits per heavy atom. The Kier molecular flexibility index (Phi) is 1.77. The lowest BCUT2D eigenvalue weighted by atomic mass is 9.76. The fraction of sp³-hybridized carbons (Fsp3) is 0.800. The lowest BCUT2D eigenvalue weighted by Crippen LogP contribution is -2.30. The molecule has 4 unspecified atom stereocenters. The van der Waals surface area contributed by atoms with Crippen LogP contribution >= 0.6 is 0 Å². The van der Waals surface area contributed by atoms with Crippen molar-refractivity contribution >= 4 is 0 Å². The van der Waals surface area contributed by atoms with Crippen molar-refractivity contribution in [3.05, 3.63) is 12.2 Å². The largest absolute Gasteiger partial charge is 0.396 e. The molecule has 0 radical (unpaired) electrons. The Bertz CT molecular complexity index is 212. The van der Waals surface area contributed by atoms with Gasteiger partial charge in [-0.3, -0.25) is 0 Å². The van der Waals surface area contributed by atoms with Crippen molar-refractivity contribution in [3.63, 3.8) is 0 Å². The second kappa shape index (κ2) is 2.57. The zero-order chi connectivity index (χ0) is 8.77. The number of rotatable bonds is 2. The van der Waals surface area contributed by atoms with Gasteiger partial charge >= 0.3 is 0 Å². The van der Waals surface area contributed by atoms with Crippen LogP contribution in [0.2, 0.25) is 0 Å². The van der Waals surface area contributed by atoms with E-state index in [1.807, 2.05) is 0 Å². The SMILES string of the molecule is CC12C=CC(C1)C(CO)C2CO. The molecule has 0 spiro atoms. The molecule has 0 amide bonds. The second-order valence-electron chi connectivity index (χ2n) is 4.37. The predicted molar refractivity (Wildman–Crippen MR) is 46.5 cm³/mol. The third kappa shape index (κ3) is 0.882. The van der Waals surface area contributed by atoms with Crippen LogP contribution in [0.1, 0.15) is 13.3 Å². The van der Waals surface area contributed by atoms with Crippen molar-refractivity contribution in [2.75, 3.05) is 13.2 Å². The van der Waals surface area contributed by atoms with Gasteiger partial charge in [0.2, 0.25) is 0 Å². The highest BCUT2D eigenvalue weighted by atomic mass is 16.3. The van der Waals surface area contributed by atoms with Gasteiger partial charge in [0.25, 0.3) is 0 Å². The summed E-state index contributed by atoms with van der Waals surface area (Å²) in [6.45, 7) is 2.61. The van der Waals surface area contributed by atoms with E-state index in [-0.39, 0.29) is 24.5 Å². The molecule has 2 aliphatic carbocycles. The first-order valence-corrected chi connectivity index (χ1v) is 4.62. The normalized spacial score (nSPS) is 50.4. The third-order valence-electron chi connectivity index (χ3n) is 3.72. The lowest BCUT2D eigenvalue weighted by Gasteiger charge is -2.31. The molecule has 4 atom stereocenters. The summed E-state index contributed by atoms with van der Waals surface area (Å²) in [6.07, 6.45) is 5.53. The quantitative estimate of drug-likeness (QED) is 0.599. The zero-order valence-electron chi connectivity index (χ0n) is 7.40. The molecule has 0 aromatic heterocycles. The predicted octanol–water partition coefficient (Wildman–Crippen LogP) is 0.799. The summed E-state index contributed by atoms with van der Waals surface area (Å²) in [5.74, 6) is 1.08. The summed E-state index contributed by atoms with van der Waals surface area (Å²) in [6, 6.07) is 0. The summed E-state index contributed by atoms with van der Waals surface area (Å²) >= 11 is 0. The molecule has 2 aliphatic rings. The molecule has 2 rings (SSSR count). The van der Waals surface area contributed by atoms with Gasteiger partial charge in [-0.05, 0) is 29.6 Å². The van der Waals surface area contributed by atoms with E-state index in [0.717, 1.165) is 6.42 Å². The fourth-order valence-electron chi connectivity index (χ4n) is 2.95. The Morgan fingerprint density at radius 2 is 2.17 bits per heavy atom. The van der Waals surface area contributed by atoms with Gasteiger partial charge in [0.1, 0.15) is 0 Å². The summed E-state index contributed by atoms with van der Waals surface area (Å²) < 4.78 is 0. The van der Waals surface area contributed by atoms with E-state index in [4.69, 9.17) is 5.11 Å². The van der Waals surface area contributed by atoms with Crippen molar-refractivity contribution in [2.45, 2.75) is 13.3 Å². The van der Waals surface area contributed by atoms with E-state index in [9.17, 15) is 5.11 Å². The van der Waals surface area contributed by atoms with Crippen LogP contribution in [0.15, 0.2) is 12.2 Å². The Labute approximate surface area is 72.9 Å². The summed E-state index contributed by atoms with van der Waals surface area (Å²) in [5.41, 5.74) is 0.160. The minimum Gasteiger partial charge on any atom is -0.396 e. The molecule has 0 saturated heterocycles. The molecule has 2 N–H and O–H groups in total. The van der Waals surface area contributed by atoms with Crippen molar-refractivity contribution in [2.24, 2.45) is 23.2 Å². The molecular weight excluding hydrogens is 152 g/mol. The minimum atomic E-state index is 0.160. The monoisotopic (exact) mass is 168 g/mol. The number of hydrogen-bond donors (Lipinski definition) is 2. The van der Waals surface area contributed by atoms with Gasteiger partial charge in [-0.15, -0.1) is 0 Å². The topological polar surface area (TPSA) is 40.5 Å². The lowest BCUT2D eigenvalue weighted by molar-refractivity contribution is 0.0868. The third-order valence-corrected chi connectivity index (χ3v) is 3.72. The van der Waals surface area contributed by atoms with Gasteiger partial charge in [0.05, 0.1) is 0 Å². The van der Waals surface area contributed by atoms with Crippen LogP contribution in [0.4, 0.5) is 0 Å². The maximum atomic E-state index is 9.21. The molecule has 1 fully saturated rings. The van der Waals surface area contributed by atoms with Crippen molar-refractivity contribution in [1.29, 1.82) is 0 Å². The van der Waals surface area contributed by atoms with Gasteiger partial charge in [-0.2, -0.15) is 0 Å². The molecule has 0 heterocycles. The van der Waals surface area contributed by atoms with Crippen LogP contribution in [0.5, 0.6) is 0 Å². The Balaban J connectivity index is 2.26. The fourth-order valence-corrected chi connectivity index (χ4v) is 2.95. The van der Waals surface area contributed by atoms with E-state index in [2.05, 4.69) is 19.1 Å². The molecule has 2 heteroatoms. The number of fused-ring (bicyclic) bond motifs is 2. The van der Waals surface area contributed by atoms with Crippen LogP contribution < -0.4 is 0 Å². The summed E-state index contributed by atoms with van der Waals surface area (Å²) in [7, 11) is 0. The summed E-state index contributed by atoms with van der Waals surface area (Å²) in [5, 5.41) is 18.4. The van der Waals surface area contributed by atoms with Crippen LogP contribution in [0.3, 0.4) is 0 Å². The van der Waals surface area contributed by atoms with Crippen LogP contribution in [0, 0.1) is 23.2 Å². The van der Waals surface area contributed by atoms with Crippen LogP contribution in [-0.4, -0.2) is 23.4 Å². The first-order chi connectivity index (χ1) is 5.71. The number of aliphatic hydroxyl groups is 2. The first kappa shape index (κ1) is 8.27. The maximum Gasteiger partial charge on any atom is 0.0471 e. The molecule has 0 aromatic rings. The zero-order valence-corrected chi connectivity index (χ0v) is 7.40. The molecule has 0 aromatic carbocycles. The highest BCUT2D eigenvalue weighted by molar-refractivity contribution is 5.19. The minimum absolute atomic E-state index is 0.160. The molecule has 0 aliphatic heterocycles. The second-order valence-corrected chi connectivity index (χ2v) is 4.37. The first-order valence-electron chi connectivity index (χ1n) is 4.62. The van der Waals surface area contributed by atoms with Gasteiger partial charge in [0.15, 0.2) is 0 Å². The van der Waals surface area contributed by atoms with Crippen molar-refractivity contribution in [1.82, 2.24) is 0 Å². The molecular formula is C10H16O2. The van der Waals surface area contributed by atoms with Crippen molar-refractivity contribution < 1.29 is 10.2 Å². The number of aliphatic hydroxyl groups excluding tert-OH is 2. The van der Waals surface area contributed by atoms with E-state index in [1.54, 1.807) is 0 Å². The van der Waals surface area contributed by atoms with Gasteiger partial charge in [-0.1, -0.05) is 19.1 Å². The Hall–Kier alpha value is -0.340. The van der Waals surface area contributed by atoms with Crippen LogP contribution in [0.25, 0.3) is 0 Å². The number of hydrogen-bond acceptors (Lipinski definition) is 2. The molecule has 68 valence electrons. The molecule has 2 bridgehead atoms. The van der Waals surface area contributed by atoms with Crippen LogP contribution in [-0.2, 0) is 0 Å². The molecule has 1 saturated carbocycles. The highest BCUT2D eigenvalue weighted by Crippen LogP contribution is 2.55. The van der Waals surface area contributed by atoms with E-state index in [0.29, 0.717) is 11.8 Å². The highest BCUT2D eigenvalue weighted by Gasteiger charge is 2.51. The number of allylic oxidation sites excluding steroid dienone is 2. The van der Waals surface area contributed by atoms with E-state index < -0.39 is 0 Å². The van der Waals surface area contributed by atoms with Gasteiger partial charge in [-0.25, -0.2) is 0 Å². The van der Waals surface area contributed by atoms with Crippen molar-refractivity contribution in [3.8, 4) is 0 Å². The van der Waals surface area contributed by atoms with Gasteiger partial charge < -0.3 is 10.2 Å².